The van der Waals surface area contributed by atoms with E-state index in [-0.39, 0.29) is 23.6 Å². The number of amides is 3. The number of hydrogen-bond acceptors (Lipinski definition) is 6. The molecule has 1 saturated heterocycles. The van der Waals surface area contributed by atoms with Gasteiger partial charge >= 0.3 is 0 Å². The van der Waals surface area contributed by atoms with Crippen LogP contribution >= 0.6 is 0 Å². The Morgan fingerprint density at radius 3 is 2.28 bits per heavy atom. The summed E-state index contributed by atoms with van der Waals surface area (Å²) in [6.07, 6.45) is 0. The number of fused-ring (bicyclic) bond motifs is 1. The van der Waals surface area contributed by atoms with Gasteiger partial charge in [-0.05, 0) is 31.0 Å². The Labute approximate surface area is 210 Å². The zero-order valence-corrected chi connectivity index (χ0v) is 20.8. The van der Waals surface area contributed by atoms with Crippen LogP contribution in [0.15, 0.2) is 54.6 Å². The van der Waals surface area contributed by atoms with Crippen LogP contribution in [0.1, 0.15) is 50.7 Å². The van der Waals surface area contributed by atoms with Crippen molar-refractivity contribution in [1.29, 1.82) is 0 Å². The van der Waals surface area contributed by atoms with Gasteiger partial charge in [-0.1, -0.05) is 44.2 Å². The normalized spacial score (nSPS) is 15.6. The second kappa shape index (κ2) is 9.53. The van der Waals surface area contributed by atoms with E-state index >= 15 is 0 Å². The van der Waals surface area contributed by atoms with Crippen LogP contribution in [0.5, 0.6) is 0 Å². The summed E-state index contributed by atoms with van der Waals surface area (Å²) < 4.78 is 0. The van der Waals surface area contributed by atoms with Crippen molar-refractivity contribution >= 4 is 23.5 Å². The molecule has 0 atom stereocenters. The van der Waals surface area contributed by atoms with Crippen molar-refractivity contribution in [2.75, 3.05) is 37.6 Å². The average Bonchev–Trinajstić information content (AvgIpc) is 3.12. The number of aryl methyl sites for hydroxylation is 1. The van der Waals surface area contributed by atoms with Gasteiger partial charge in [-0.3, -0.25) is 19.3 Å². The van der Waals surface area contributed by atoms with Crippen molar-refractivity contribution in [1.82, 2.24) is 19.8 Å². The molecular weight excluding hydrogens is 454 g/mol. The van der Waals surface area contributed by atoms with Crippen LogP contribution in [0.4, 0.5) is 5.82 Å². The van der Waals surface area contributed by atoms with E-state index in [1.54, 1.807) is 23.1 Å². The molecule has 0 saturated carbocycles. The van der Waals surface area contributed by atoms with E-state index < -0.39 is 0 Å². The Kier molecular flexibility index (Phi) is 6.26. The molecule has 2 aromatic carbocycles. The standard InChI is InChI=1S/C28H29N5O3/c1-18(2)17-33-27(35)22-10-9-21(15-23(22)28(33)36)26(34)32-13-11-31(12-14-32)25-16-24(29-19(3)30-25)20-7-5-4-6-8-20/h4-10,15-16,18H,11-14,17H2,1-3H3. The van der Waals surface area contributed by atoms with Crippen LogP contribution < -0.4 is 4.90 Å². The van der Waals surface area contributed by atoms with E-state index in [4.69, 9.17) is 0 Å². The molecule has 3 amide bonds. The third kappa shape index (κ3) is 4.46. The summed E-state index contributed by atoms with van der Waals surface area (Å²) in [6.45, 7) is 8.52. The van der Waals surface area contributed by atoms with Crippen molar-refractivity contribution in [2.24, 2.45) is 5.92 Å². The fourth-order valence-electron chi connectivity index (χ4n) is 4.75. The van der Waals surface area contributed by atoms with E-state index in [0.717, 1.165) is 17.1 Å². The monoisotopic (exact) mass is 483 g/mol. The van der Waals surface area contributed by atoms with Crippen LogP contribution in [0.3, 0.4) is 0 Å². The van der Waals surface area contributed by atoms with Crippen LogP contribution in [-0.4, -0.2) is 70.2 Å². The quantitative estimate of drug-likeness (QED) is 0.515. The van der Waals surface area contributed by atoms with Crippen molar-refractivity contribution in [3.8, 4) is 11.3 Å². The maximum atomic E-state index is 13.3. The first-order chi connectivity index (χ1) is 17.3. The predicted octanol–water partition coefficient (Wildman–Crippen LogP) is 3.67. The molecule has 36 heavy (non-hydrogen) atoms. The molecule has 1 aromatic heterocycles. The van der Waals surface area contributed by atoms with Crippen LogP contribution in [0, 0.1) is 12.8 Å². The summed E-state index contributed by atoms with van der Waals surface area (Å²) in [4.78, 5) is 53.1. The fraction of sp³-hybridized carbons (Fsp3) is 0.321. The SMILES string of the molecule is Cc1nc(-c2ccccc2)cc(N2CCN(C(=O)c3ccc4c(c3)C(=O)N(CC(C)C)C4=O)CC2)n1. The molecule has 0 N–H and O–H groups in total. The lowest BCUT2D eigenvalue weighted by molar-refractivity contribution is 0.0635. The molecule has 3 aromatic rings. The predicted molar refractivity (Wildman–Crippen MR) is 137 cm³/mol. The van der Waals surface area contributed by atoms with Gasteiger partial charge in [-0.2, -0.15) is 0 Å². The minimum Gasteiger partial charge on any atom is -0.353 e. The Bertz CT molecular complexity index is 1330. The van der Waals surface area contributed by atoms with Crippen LogP contribution in [0.2, 0.25) is 0 Å². The number of aromatic nitrogens is 2. The minimum absolute atomic E-state index is 0.135. The largest absolute Gasteiger partial charge is 0.353 e. The zero-order valence-electron chi connectivity index (χ0n) is 20.8. The maximum Gasteiger partial charge on any atom is 0.261 e. The first-order valence-corrected chi connectivity index (χ1v) is 12.3. The highest BCUT2D eigenvalue weighted by Crippen LogP contribution is 2.26. The molecule has 2 aliphatic rings. The van der Waals surface area contributed by atoms with E-state index in [1.807, 2.05) is 57.2 Å². The van der Waals surface area contributed by atoms with Crippen LogP contribution in [-0.2, 0) is 0 Å². The molecule has 0 radical (unpaired) electrons. The number of imide groups is 1. The average molecular weight is 484 g/mol. The minimum atomic E-state index is -0.323. The van der Waals surface area contributed by atoms with Gasteiger partial charge in [0.15, 0.2) is 0 Å². The van der Waals surface area contributed by atoms with Crippen molar-refractivity contribution < 1.29 is 14.4 Å². The van der Waals surface area contributed by atoms with Crippen molar-refractivity contribution in [2.45, 2.75) is 20.8 Å². The third-order valence-corrected chi connectivity index (χ3v) is 6.55. The van der Waals surface area contributed by atoms with Gasteiger partial charge in [0, 0.05) is 49.9 Å². The highest BCUT2D eigenvalue weighted by Gasteiger charge is 2.36. The van der Waals surface area contributed by atoms with Gasteiger partial charge < -0.3 is 9.80 Å². The molecule has 0 unspecified atom stereocenters. The third-order valence-electron chi connectivity index (χ3n) is 6.55. The summed E-state index contributed by atoms with van der Waals surface area (Å²) in [5.74, 6) is 0.979. The first kappa shape index (κ1) is 23.7. The number of rotatable bonds is 5. The Balaban J connectivity index is 1.28. The number of piperazine rings is 1. The summed E-state index contributed by atoms with van der Waals surface area (Å²) >= 11 is 0. The van der Waals surface area contributed by atoms with Gasteiger partial charge in [-0.25, -0.2) is 9.97 Å². The van der Waals surface area contributed by atoms with Gasteiger partial charge in [0.2, 0.25) is 0 Å². The molecule has 0 bridgehead atoms. The van der Waals surface area contributed by atoms with E-state index in [1.165, 1.54) is 4.90 Å². The van der Waals surface area contributed by atoms with Gasteiger partial charge in [0.1, 0.15) is 11.6 Å². The second-order valence-electron chi connectivity index (χ2n) is 9.68. The number of benzene rings is 2. The Morgan fingerprint density at radius 2 is 1.58 bits per heavy atom. The summed E-state index contributed by atoms with van der Waals surface area (Å²) in [5.41, 5.74) is 3.03. The highest BCUT2D eigenvalue weighted by molar-refractivity contribution is 6.22. The Hall–Kier alpha value is -4.07. The smallest absolute Gasteiger partial charge is 0.261 e. The van der Waals surface area contributed by atoms with Crippen LogP contribution in [0.25, 0.3) is 11.3 Å². The first-order valence-electron chi connectivity index (χ1n) is 12.3. The maximum absolute atomic E-state index is 13.3. The summed E-state index contributed by atoms with van der Waals surface area (Å²) in [5, 5.41) is 0. The van der Waals surface area contributed by atoms with E-state index in [2.05, 4.69) is 14.9 Å². The number of anilines is 1. The number of hydrogen-bond donors (Lipinski definition) is 0. The molecule has 5 rings (SSSR count). The fourth-order valence-corrected chi connectivity index (χ4v) is 4.75. The molecule has 3 heterocycles. The lowest BCUT2D eigenvalue weighted by Gasteiger charge is -2.35. The number of carbonyl (C=O) groups is 3. The lowest BCUT2D eigenvalue weighted by Crippen LogP contribution is -2.49. The molecule has 0 aliphatic carbocycles. The van der Waals surface area contributed by atoms with Gasteiger partial charge in [0.25, 0.3) is 17.7 Å². The highest BCUT2D eigenvalue weighted by atomic mass is 16.2. The number of carbonyl (C=O) groups excluding carboxylic acids is 3. The number of nitrogens with zero attached hydrogens (tertiary/aromatic N) is 5. The molecule has 2 aliphatic heterocycles. The van der Waals surface area contributed by atoms with Gasteiger partial charge in [0.05, 0.1) is 16.8 Å². The van der Waals surface area contributed by atoms with E-state index in [0.29, 0.717) is 55.2 Å². The second-order valence-corrected chi connectivity index (χ2v) is 9.68. The zero-order chi connectivity index (χ0) is 25.4. The topological polar surface area (TPSA) is 86.7 Å². The molecular formula is C28H29N5O3. The molecule has 8 nitrogen and oxygen atoms in total. The van der Waals surface area contributed by atoms with Crippen molar-refractivity contribution in [3.05, 3.63) is 77.1 Å². The molecule has 0 spiro atoms. The molecule has 184 valence electrons. The lowest BCUT2D eigenvalue weighted by atomic mass is 10.0. The van der Waals surface area contributed by atoms with Crippen molar-refractivity contribution in [3.63, 3.8) is 0 Å². The molecule has 8 heteroatoms. The van der Waals surface area contributed by atoms with E-state index in [9.17, 15) is 14.4 Å². The Morgan fingerprint density at radius 1 is 0.889 bits per heavy atom. The molecule has 1 fully saturated rings. The summed E-state index contributed by atoms with van der Waals surface area (Å²) in [6, 6.07) is 16.8. The van der Waals surface area contributed by atoms with Gasteiger partial charge in [-0.15, -0.1) is 0 Å². The summed E-state index contributed by atoms with van der Waals surface area (Å²) in [7, 11) is 0.